The molecule has 1 aromatic heterocycles. The molecule has 0 spiro atoms. The lowest BCUT2D eigenvalue weighted by Crippen LogP contribution is -2.49. The predicted molar refractivity (Wildman–Crippen MR) is 74.3 cm³/mol. The molecule has 1 saturated heterocycles. The second kappa shape index (κ2) is 5.47. The molecule has 0 radical (unpaired) electrons. The molecule has 1 amide bonds. The lowest BCUT2D eigenvalue weighted by atomic mass is 10.2. The summed E-state index contributed by atoms with van der Waals surface area (Å²) in [7, 11) is 0. The van der Waals surface area contributed by atoms with Crippen LogP contribution < -0.4 is 0 Å². The molecular weight excluding hydrogens is 262 g/mol. The number of aromatic nitrogens is 1. The lowest BCUT2D eigenvalue weighted by Gasteiger charge is -2.34. The van der Waals surface area contributed by atoms with Crippen molar-refractivity contribution < 1.29 is 4.79 Å². The number of carbonyl (C=O) groups is 1. The van der Waals surface area contributed by atoms with Gasteiger partial charge < -0.3 is 4.90 Å². The summed E-state index contributed by atoms with van der Waals surface area (Å²) in [4.78, 5) is 20.7. The highest BCUT2D eigenvalue weighted by atomic mass is 35.5. The summed E-state index contributed by atoms with van der Waals surface area (Å²) in [5.74, 6) is 0.908. The Hall–Kier alpha value is -1.13. The standard InChI is InChI=1S/C14H18ClN3O/c15-13-3-1-2-12(16-13)14(19)18-8-6-17(7-9-18)10-11-4-5-11/h1-3,11H,4-10H2. The SMILES string of the molecule is O=C(c1cccc(Cl)n1)N1CCN(CC2CC2)CC1. The van der Waals surface area contributed by atoms with Crippen LogP contribution >= 0.6 is 11.6 Å². The average molecular weight is 280 g/mol. The van der Waals surface area contributed by atoms with Crippen molar-refractivity contribution in [2.75, 3.05) is 32.7 Å². The maximum atomic E-state index is 12.3. The quantitative estimate of drug-likeness (QED) is 0.793. The van der Waals surface area contributed by atoms with Gasteiger partial charge in [-0.1, -0.05) is 17.7 Å². The number of piperazine rings is 1. The molecule has 0 bridgehead atoms. The van der Waals surface area contributed by atoms with Crippen molar-refractivity contribution in [3.63, 3.8) is 0 Å². The van der Waals surface area contributed by atoms with Crippen molar-refractivity contribution in [1.82, 2.24) is 14.8 Å². The van der Waals surface area contributed by atoms with Gasteiger partial charge in [0.1, 0.15) is 10.8 Å². The Morgan fingerprint density at radius 1 is 1.26 bits per heavy atom. The minimum Gasteiger partial charge on any atom is -0.335 e. The van der Waals surface area contributed by atoms with Crippen LogP contribution in [0.1, 0.15) is 23.3 Å². The highest BCUT2D eigenvalue weighted by Gasteiger charge is 2.28. The van der Waals surface area contributed by atoms with Crippen LogP contribution in [-0.4, -0.2) is 53.4 Å². The molecule has 0 aromatic carbocycles. The fourth-order valence-corrected chi connectivity index (χ4v) is 2.65. The summed E-state index contributed by atoms with van der Waals surface area (Å²) in [6, 6.07) is 5.18. The maximum absolute atomic E-state index is 12.3. The van der Waals surface area contributed by atoms with E-state index in [1.165, 1.54) is 19.4 Å². The monoisotopic (exact) mass is 279 g/mol. The van der Waals surface area contributed by atoms with Gasteiger partial charge in [0.2, 0.25) is 0 Å². The largest absolute Gasteiger partial charge is 0.335 e. The van der Waals surface area contributed by atoms with Gasteiger partial charge in [-0.25, -0.2) is 4.98 Å². The van der Waals surface area contributed by atoms with E-state index >= 15 is 0 Å². The van der Waals surface area contributed by atoms with Crippen LogP contribution in [0.25, 0.3) is 0 Å². The van der Waals surface area contributed by atoms with E-state index in [1.54, 1.807) is 18.2 Å². The van der Waals surface area contributed by atoms with Crippen LogP contribution in [-0.2, 0) is 0 Å². The van der Waals surface area contributed by atoms with Gasteiger partial charge in [0.25, 0.3) is 5.91 Å². The zero-order valence-electron chi connectivity index (χ0n) is 10.9. The highest BCUT2D eigenvalue weighted by Crippen LogP contribution is 2.29. The van der Waals surface area contributed by atoms with E-state index in [0.29, 0.717) is 10.8 Å². The fourth-order valence-electron chi connectivity index (χ4n) is 2.49. The van der Waals surface area contributed by atoms with Crippen LogP contribution in [0.3, 0.4) is 0 Å². The van der Waals surface area contributed by atoms with Crippen LogP contribution in [0.4, 0.5) is 0 Å². The number of rotatable bonds is 3. The van der Waals surface area contributed by atoms with E-state index < -0.39 is 0 Å². The molecule has 2 fully saturated rings. The van der Waals surface area contributed by atoms with Crippen molar-refractivity contribution in [2.45, 2.75) is 12.8 Å². The molecule has 19 heavy (non-hydrogen) atoms. The van der Waals surface area contributed by atoms with Gasteiger partial charge in [0.15, 0.2) is 0 Å². The smallest absolute Gasteiger partial charge is 0.272 e. The molecule has 1 saturated carbocycles. The number of hydrogen-bond donors (Lipinski definition) is 0. The molecule has 102 valence electrons. The molecule has 4 nitrogen and oxygen atoms in total. The normalized spacial score (nSPS) is 20.6. The van der Waals surface area contributed by atoms with Gasteiger partial charge in [-0.2, -0.15) is 0 Å². The summed E-state index contributed by atoms with van der Waals surface area (Å²) in [5.41, 5.74) is 0.447. The third kappa shape index (κ3) is 3.25. The van der Waals surface area contributed by atoms with Crippen LogP contribution in [0.5, 0.6) is 0 Å². The summed E-state index contributed by atoms with van der Waals surface area (Å²) in [6.07, 6.45) is 2.76. The summed E-state index contributed by atoms with van der Waals surface area (Å²) >= 11 is 5.83. The summed E-state index contributed by atoms with van der Waals surface area (Å²) in [6.45, 7) is 4.74. The minimum atomic E-state index is -0.00595. The molecule has 0 unspecified atom stereocenters. The summed E-state index contributed by atoms with van der Waals surface area (Å²) < 4.78 is 0. The Bertz CT molecular complexity index is 468. The first-order valence-corrected chi connectivity index (χ1v) is 7.24. The Morgan fingerprint density at radius 2 is 2.00 bits per heavy atom. The first kappa shape index (κ1) is 12.9. The number of amides is 1. The van der Waals surface area contributed by atoms with Crippen LogP contribution in [0, 0.1) is 5.92 Å². The first-order valence-electron chi connectivity index (χ1n) is 6.86. The van der Waals surface area contributed by atoms with Crippen LogP contribution in [0.2, 0.25) is 5.15 Å². The second-order valence-corrected chi connectivity index (χ2v) is 5.77. The third-order valence-electron chi connectivity index (χ3n) is 3.81. The van der Waals surface area contributed by atoms with Crippen LogP contribution in [0.15, 0.2) is 18.2 Å². The van der Waals surface area contributed by atoms with E-state index in [9.17, 15) is 4.79 Å². The first-order chi connectivity index (χ1) is 9.22. The maximum Gasteiger partial charge on any atom is 0.272 e. The molecular formula is C14H18ClN3O. The molecule has 1 aliphatic carbocycles. The Morgan fingerprint density at radius 3 is 2.63 bits per heavy atom. The number of carbonyl (C=O) groups excluding carboxylic acids is 1. The van der Waals surface area contributed by atoms with E-state index in [4.69, 9.17) is 11.6 Å². The predicted octanol–water partition coefficient (Wildman–Crippen LogP) is 1.90. The van der Waals surface area contributed by atoms with Gasteiger partial charge in [0, 0.05) is 32.7 Å². The minimum absolute atomic E-state index is 0.00595. The highest BCUT2D eigenvalue weighted by molar-refractivity contribution is 6.29. The number of halogens is 1. The van der Waals surface area contributed by atoms with Crippen molar-refractivity contribution in [3.05, 3.63) is 29.0 Å². The molecule has 2 heterocycles. The molecule has 0 atom stereocenters. The molecule has 5 heteroatoms. The third-order valence-corrected chi connectivity index (χ3v) is 4.02. The Labute approximate surface area is 118 Å². The average Bonchev–Trinajstić information content (AvgIpc) is 3.23. The van der Waals surface area contributed by atoms with E-state index in [-0.39, 0.29) is 5.91 Å². The van der Waals surface area contributed by atoms with Crippen molar-refractivity contribution in [1.29, 1.82) is 0 Å². The summed E-state index contributed by atoms with van der Waals surface area (Å²) in [5, 5.41) is 0.373. The Kier molecular flexibility index (Phi) is 3.71. The van der Waals surface area contributed by atoms with Gasteiger partial charge in [-0.15, -0.1) is 0 Å². The lowest BCUT2D eigenvalue weighted by molar-refractivity contribution is 0.0626. The second-order valence-electron chi connectivity index (χ2n) is 5.38. The topological polar surface area (TPSA) is 36.4 Å². The Balaban J connectivity index is 1.56. The molecule has 2 aliphatic rings. The van der Waals surface area contributed by atoms with E-state index in [1.807, 2.05) is 4.90 Å². The van der Waals surface area contributed by atoms with Crippen molar-refractivity contribution >= 4 is 17.5 Å². The molecule has 0 N–H and O–H groups in total. The van der Waals surface area contributed by atoms with Gasteiger partial charge in [0.05, 0.1) is 0 Å². The van der Waals surface area contributed by atoms with E-state index in [2.05, 4.69) is 9.88 Å². The zero-order valence-corrected chi connectivity index (χ0v) is 11.6. The molecule has 1 aliphatic heterocycles. The van der Waals surface area contributed by atoms with Gasteiger partial charge in [-0.3, -0.25) is 9.69 Å². The van der Waals surface area contributed by atoms with E-state index in [0.717, 1.165) is 32.1 Å². The number of pyridine rings is 1. The molecule has 1 aromatic rings. The number of hydrogen-bond acceptors (Lipinski definition) is 3. The zero-order chi connectivity index (χ0) is 13.2. The van der Waals surface area contributed by atoms with Gasteiger partial charge in [-0.05, 0) is 30.9 Å². The van der Waals surface area contributed by atoms with Crippen molar-refractivity contribution in [3.8, 4) is 0 Å². The number of nitrogens with zero attached hydrogens (tertiary/aromatic N) is 3. The van der Waals surface area contributed by atoms with Crippen molar-refractivity contribution in [2.24, 2.45) is 5.92 Å². The van der Waals surface area contributed by atoms with Gasteiger partial charge >= 0.3 is 0 Å². The fraction of sp³-hybridized carbons (Fsp3) is 0.571. The molecule has 3 rings (SSSR count).